The topological polar surface area (TPSA) is 61.4 Å². The number of piperidine rings is 1. The molecule has 1 saturated heterocycles. The van der Waals surface area contributed by atoms with Gasteiger partial charge in [-0.1, -0.05) is 0 Å². The molecule has 2 amide bonds. The third kappa shape index (κ3) is 3.81. The highest BCUT2D eigenvalue weighted by atomic mass is 16.2. The molecule has 0 aromatic rings. The molecule has 1 heterocycles. The SMILES string of the molecule is CNC(=O)CCN(C)C(=O)C1CCCNC1. The maximum atomic E-state index is 12.0. The van der Waals surface area contributed by atoms with Gasteiger partial charge >= 0.3 is 0 Å². The average Bonchev–Trinajstić information content (AvgIpc) is 2.35. The quantitative estimate of drug-likeness (QED) is 0.686. The monoisotopic (exact) mass is 227 g/mol. The summed E-state index contributed by atoms with van der Waals surface area (Å²) in [4.78, 5) is 24.7. The van der Waals surface area contributed by atoms with E-state index in [9.17, 15) is 9.59 Å². The average molecular weight is 227 g/mol. The van der Waals surface area contributed by atoms with Crippen molar-refractivity contribution in [1.29, 1.82) is 0 Å². The van der Waals surface area contributed by atoms with Crippen LogP contribution in [0.3, 0.4) is 0 Å². The van der Waals surface area contributed by atoms with Crippen LogP contribution in [0.2, 0.25) is 0 Å². The van der Waals surface area contributed by atoms with Crippen molar-refractivity contribution < 1.29 is 9.59 Å². The number of carbonyl (C=O) groups excluding carboxylic acids is 2. The first-order valence-corrected chi connectivity index (χ1v) is 5.81. The number of nitrogens with zero attached hydrogens (tertiary/aromatic N) is 1. The van der Waals surface area contributed by atoms with Gasteiger partial charge in [0.2, 0.25) is 11.8 Å². The van der Waals surface area contributed by atoms with Crippen molar-refractivity contribution in [3.05, 3.63) is 0 Å². The van der Waals surface area contributed by atoms with Crippen molar-refractivity contribution in [2.75, 3.05) is 33.7 Å². The smallest absolute Gasteiger partial charge is 0.226 e. The Labute approximate surface area is 96.6 Å². The molecule has 1 fully saturated rings. The fraction of sp³-hybridized carbons (Fsp3) is 0.818. The number of nitrogens with one attached hydrogen (secondary N) is 2. The second kappa shape index (κ2) is 6.48. The van der Waals surface area contributed by atoms with Gasteiger partial charge in [0.25, 0.3) is 0 Å². The zero-order valence-electron chi connectivity index (χ0n) is 10.1. The molecule has 1 rings (SSSR count). The van der Waals surface area contributed by atoms with Gasteiger partial charge in [-0.2, -0.15) is 0 Å². The second-order valence-corrected chi connectivity index (χ2v) is 4.23. The lowest BCUT2D eigenvalue weighted by molar-refractivity contribution is -0.135. The third-order valence-corrected chi connectivity index (χ3v) is 2.98. The Morgan fingerprint density at radius 3 is 2.81 bits per heavy atom. The van der Waals surface area contributed by atoms with Gasteiger partial charge < -0.3 is 15.5 Å². The van der Waals surface area contributed by atoms with Crippen LogP contribution >= 0.6 is 0 Å². The minimum Gasteiger partial charge on any atom is -0.359 e. The van der Waals surface area contributed by atoms with Gasteiger partial charge in [-0.05, 0) is 19.4 Å². The van der Waals surface area contributed by atoms with Gasteiger partial charge in [0.1, 0.15) is 0 Å². The van der Waals surface area contributed by atoms with E-state index in [1.165, 1.54) is 0 Å². The zero-order chi connectivity index (χ0) is 12.0. The van der Waals surface area contributed by atoms with Crippen molar-refractivity contribution >= 4 is 11.8 Å². The highest BCUT2D eigenvalue weighted by Gasteiger charge is 2.23. The van der Waals surface area contributed by atoms with Crippen molar-refractivity contribution in [2.24, 2.45) is 5.92 Å². The lowest BCUT2D eigenvalue weighted by Gasteiger charge is -2.26. The summed E-state index contributed by atoms with van der Waals surface area (Å²) < 4.78 is 0. The van der Waals surface area contributed by atoms with Crippen LogP contribution in [0.5, 0.6) is 0 Å². The maximum Gasteiger partial charge on any atom is 0.226 e. The molecule has 1 aliphatic heterocycles. The Bertz CT molecular complexity index is 250. The number of carbonyl (C=O) groups is 2. The zero-order valence-corrected chi connectivity index (χ0v) is 10.1. The third-order valence-electron chi connectivity index (χ3n) is 2.98. The first-order valence-electron chi connectivity index (χ1n) is 5.81. The summed E-state index contributed by atoms with van der Waals surface area (Å²) in [6, 6.07) is 0. The highest BCUT2D eigenvalue weighted by Crippen LogP contribution is 2.12. The molecule has 2 N–H and O–H groups in total. The lowest BCUT2D eigenvalue weighted by atomic mass is 9.98. The van der Waals surface area contributed by atoms with Gasteiger partial charge in [0.15, 0.2) is 0 Å². The molecule has 1 unspecified atom stereocenters. The van der Waals surface area contributed by atoms with Crippen LogP contribution < -0.4 is 10.6 Å². The summed E-state index contributed by atoms with van der Waals surface area (Å²) >= 11 is 0. The minimum absolute atomic E-state index is 0.0265. The van der Waals surface area contributed by atoms with Crippen molar-refractivity contribution in [3.8, 4) is 0 Å². The van der Waals surface area contributed by atoms with Crippen LogP contribution in [0, 0.1) is 5.92 Å². The van der Waals surface area contributed by atoms with Crippen LogP contribution in [0.1, 0.15) is 19.3 Å². The Morgan fingerprint density at radius 1 is 1.50 bits per heavy atom. The predicted molar refractivity (Wildman–Crippen MR) is 61.9 cm³/mol. The summed E-state index contributed by atoms with van der Waals surface area (Å²) in [6.45, 7) is 2.27. The second-order valence-electron chi connectivity index (χ2n) is 4.23. The molecular weight excluding hydrogens is 206 g/mol. The van der Waals surface area contributed by atoms with Gasteiger partial charge in [-0.15, -0.1) is 0 Å². The number of amides is 2. The number of hydrogen-bond donors (Lipinski definition) is 2. The van der Waals surface area contributed by atoms with Gasteiger partial charge in [-0.25, -0.2) is 0 Å². The summed E-state index contributed by atoms with van der Waals surface area (Å²) in [5.74, 6) is 0.209. The molecular formula is C11H21N3O2. The van der Waals surface area contributed by atoms with Crippen molar-refractivity contribution in [1.82, 2.24) is 15.5 Å². The number of rotatable bonds is 4. The largest absolute Gasteiger partial charge is 0.359 e. The molecule has 0 saturated carbocycles. The van der Waals surface area contributed by atoms with E-state index < -0.39 is 0 Å². The van der Waals surface area contributed by atoms with E-state index in [1.807, 2.05) is 0 Å². The molecule has 92 valence electrons. The fourth-order valence-electron chi connectivity index (χ4n) is 1.88. The number of hydrogen-bond acceptors (Lipinski definition) is 3. The molecule has 1 aliphatic rings. The minimum atomic E-state index is -0.0265. The first kappa shape index (κ1) is 13.0. The van der Waals surface area contributed by atoms with Gasteiger partial charge in [-0.3, -0.25) is 9.59 Å². The fourth-order valence-corrected chi connectivity index (χ4v) is 1.88. The molecule has 0 aliphatic carbocycles. The normalized spacial score (nSPS) is 20.2. The van der Waals surface area contributed by atoms with Crippen LogP contribution in [0.4, 0.5) is 0 Å². The summed E-state index contributed by atoms with van der Waals surface area (Å²) in [5.41, 5.74) is 0. The van der Waals surface area contributed by atoms with E-state index in [-0.39, 0.29) is 17.7 Å². The molecule has 0 aromatic carbocycles. The van der Waals surface area contributed by atoms with Gasteiger partial charge in [0.05, 0.1) is 5.92 Å². The first-order chi connectivity index (χ1) is 7.65. The lowest BCUT2D eigenvalue weighted by Crippen LogP contribution is -2.42. The van der Waals surface area contributed by atoms with Gasteiger partial charge in [0, 0.05) is 33.6 Å². The van der Waals surface area contributed by atoms with E-state index in [0.29, 0.717) is 13.0 Å². The standard InChI is InChI=1S/C11H21N3O2/c1-12-10(15)5-7-14(2)11(16)9-4-3-6-13-8-9/h9,13H,3-8H2,1-2H3,(H,12,15). The molecule has 5 nitrogen and oxygen atoms in total. The molecule has 1 atom stereocenters. The van der Waals surface area contributed by atoms with Crippen molar-refractivity contribution in [2.45, 2.75) is 19.3 Å². The Morgan fingerprint density at radius 2 is 2.25 bits per heavy atom. The van der Waals surface area contributed by atoms with Crippen molar-refractivity contribution in [3.63, 3.8) is 0 Å². The highest BCUT2D eigenvalue weighted by molar-refractivity contribution is 5.80. The summed E-state index contributed by atoms with van der Waals surface area (Å²) in [6.07, 6.45) is 2.38. The predicted octanol–water partition coefficient (Wildman–Crippen LogP) is -0.419. The van der Waals surface area contributed by atoms with Crippen LogP contribution in [-0.2, 0) is 9.59 Å². The Hall–Kier alpha value is -1.10. The molecule has 0 radical (unpaired) electrons. The molecule has 5 heteroatoms. The molecule has 0 aromatic heterocycles. The van der Waals surface area contributed by atoms with E-state index in [4.69, 9.17) is 0 Å². The van der Waals surface area contributed by atoms with Crippen LogP contribution in [-0.4, -0.2) is 50.4 Å². The molecule has 16 heavy (non-hydrogen) atoms. The molecule has 0 spiro atoms. The van der Waals surface area contributed by atoms with E-state index in [2.05, 4.69) is 10.6 Å². The molecule has 0 bridgehead atoms. The summed E-state index contributed by atoms with van der Waals surface area (Å²) in [5, 5.41) is 5.77. The van der Waals surface area contributed by atoms with Crippen LogP contribution in [0.15, 0.2) is 0 Å². The Kier molecular flexibility index (Phi) is 5.25. The van der Waals surface area contributed by atoms with E-state index in [1.54, 1.807) is 19.0 Å². The Balaban J connectivity index is 2.31. The van der Waals surface area contributed by atoms with E-state index in [0.717, 1.165) is 25.9 Å². The summed E-state index contributed by atoms with van der Waals surface area (Å²) in [7, 11) is 3.37. The van der Waals surface area contributed by atoms with Crippen LogP contribution in [0.25, 0.3) is 0 Å². The van der Waals surface area contributed by atoms with E-state index >= 15 is 0 Å². The maximum absolute atomic E-state index is 12.0.